The zero-order valence-electron chi connectivity index (χ0n) is 28.4. The van der Waals surface area contributed by atoms with E-state index in [9.17, 15) is 0 Å². The quantitative estimate of drug-likeness (QED) is 0.124. The molecule has 0 aromatic heterocycles. The van der Waals surface area contributed by atoms with E-state index >= 15 is 0 Å². The van der Waals surface area contributed by atoms with Gasteiger partial charge in [-0.25, -0.2) is 0 Å². The van der Waals surface area contributed by atoms with E-state index in [1.54, 1.807) is 10.4 Å². The smallest absolute Gasteiger partial charge is 0.358 e. The molecule has 6 rings (SSSR count). The van der Waals surface area contributed by atoms with Gasteiger partial charge in [0, 0.05) is 0 Å². The van der Waals surface area contributed by atoms with Crippen LogP contribution in [0.25, 0.3) is 43.8 Å². The Kier molecular flexibility index (Phi) is 10.4. The molecular weight excluding hydrogens is 711 g/mol. The fourth-order valence-electron chi connectivity index (χ4n) is 8.15. The van der Waals surface area contributed by atoms with Crippen LogP contribution in [0.5, 0.6) is 0 Å². The van der Waals surface area contributed by atoms with Gasteiger partial charge in [-0.05, 0) is 46.2 Å². The minimum atomic E-state index is -2.39. The van der Waals surface area contributed by atoms with Crippen molar-refractivity contribution in [3.8, 4) is 22.3 Å². The van der Waals surface area contributed by atoms with Crippen LogP contribution in [0.1, 0.15) is 52.7 Å². The average Bonchev–Trinajstić information content (AvgIpc) is 3.52. The molecule has 224 valence electrons. The van der Waals surface area contributed by atoms with Crippen LogP contribution in [0, 0.1) is 28.7 Å². The van der Waals surface area contributed by atoms with Crippen molar-refractivity contribution in [2.24, 2.45) is 0 Å². The third-order valence-corrected chi connectivity index (χ3v) is 16.3. The molecule has 44 heavy (non-hydrogen) atoms. The summed E-state index contributed by atoms with van der Waals surface area (Å²) in [7, 11) is -2.39. The van der Waals surface area contributed by atoms with Crippen LogP contribution >= 0.6 is 0 Å². The molecule has 0 bridgehead atoms. The standard InChI is InChI=1S/C40H42Si.2CH3.Hf/c1-27-15-9-11-19-33(27)35-21-13-17-29-23-31(25-37(29)35)41(39(3,4)5,40(6,7)8)32-24-30-18-14-22-36(38(30)26-32)34-20-12-10-16-28(34)2;;;/h9-26H,1-8H3;2*1H3;/q-2;2*-1;+4. The van der Waals surface area contributed by atoms with E-state index in [0.717, 1.165) is 0 Å². The predicted octanol–water partition coefficient (Wildman–Crippen LogP) is 11.4. The zero-order valence-corrected chi connectivity index (χ0v) is 33.0. The van der Waals surface area contributed by atoms with Gasteiger partial charge in [0.1, 0.15) is 0 Å². The van der Waals surface area contributed by atoms with E-state index in [1.807, 2.05) is 0 Å². The van der Waals surface area contributed by atoms with E-state index in [1.165, 1.54) is 54.9 Å². The second-order valence-corrected chi connectivity index (χ2v) is 19.6. The summed E-state index contributed by atoms with van der Waals surface area (Å²) in [6.45, 7) is 19.4. The molecule has 0 nitrogen and oxygen atoms in total. The Morgan fingerprint density at radius 1 is 0.477 bits per heavy atom. The summed E-state index contributed by atoms with van der Waals surface area (Å²) in [5.74, 6) is 0. The first-order valence-corrected chi connectivity index (χ1v) is 17.0. The van der Waals surface area contributed by atoms with Crippen molar-refractivity contribution in [3.05, 3.63) is 135 Å². The van der Waals surface area contributed by atoms with E-state index in [2.05, 4.69) is 165 Å². The van der Waals surface area contributed by atoms with Crippen LogP contribution in [0.15, 0.2) is 109 Å². The summed E-state index contributed by atoms with van der Waals surface area (Å²) in [6, 6.07) is 41.5. The molecule has 0 amide bonds. The van der Waals surface area contributed by atoms with Crippen molar-refractivity contribution >= 4 is 40.0 Å². The third-order valence-electron chi connectivity index (χ3n) is 9.49. The fourth-order valence-corrected chi connectivity index (χ4v) is 15.7. The molecule has 0 atom stereocenters. The number of hydrogen-bond donors (Lipinski definition) is 0. The minimum Gasteiger partial charge on any atom is -0.358 e. The van der Waals surface area contributed by atoms with Gasteiger partial charge in [0.25, 0.3) is 0 Å². The van der Waals surface area contributed by atoms with Crippen LogP contribution in [0.2, 0.25) is 10.1 Å². The average molecular weight is 759 g/mol. The second kappa shape index (κ2) is 12.9. The first-order valence-electron chi connectivity index (χ1n) is 15.0. The first kappa shape index (κ1) is 35.7. The van der Waals surface area contributed by atoms with Crippen LogP contribution in [0.4, 0.5) is 0 Å². The van der Waals surface area contributed by atoms with E-state index in [4.69, 9.17) is 0 Å². The van der Waals surface area contributed by atoms with Crippen molar-refractivity contribution in [2.75, 3.05) is 0 Å². The van der Waals surface area contributed by atoms with Gasteiger partial charge >= 0.3 is 25.8 Å². The molecular formula is C42H48HfSi. The number of aryl methyl sites for hydroxylation is 2. The summed E-state index contributed by atoms with van der Waals surface area (Å²) >= 11 is 0. The molecule has 0 unspecified atom stereocenters. The van der Waals surface area contributed by atoms with Crippen LogP contribution < -0.4 is 10.4 Å². The van der Waals surface area contributed by atoms with Crippen molar-refractivity contribution in [2.45, 2.75) is 65.5 Å². The topological polar surface area (TPSA) is 0 Å². The maximum absolute atomic E-state index is 2.57. The SMILES string of the molecule is Cc1ccccc1-c1cccc2[cH-]c([Si](c3cc4c(-c5ccccc5C)cccc4[cH-]3)(C(C)(C)C)C(C)(C)C)cc12.[CH3-].[CH3-].[Hf+4]. The molecule has 0 aliphatic carbocycles. The molecule has 0 N–H and O–H groups in total. The minimum absolute atomic E-state index is 0. The molecule has 0 fully saturated rings. The maximum atomic E-state index is 2.57. The predicted molar refractivity (Wildman–Crippen MR) is 197 cm³/mol. The van der Waals surface area contributed by atoms with Crippen molar-refractivity contribution < 1.29 is 25.8 Å². The summed E-state index contributed by atoms with van der Waals surface area (Å²) < 4.78 is 0. The number of fused-ring (bicyclic) bond motifs is 2. The monoisotopic (exact) mass is 760 g/mol. The zero-order chi connectivity index (χ0) is 29.2. The maximum Gasteiger partial charge on any atom is 4.00 e. The molecule has 0 saturated carbocycles. The summed E-state index contributed by atoms with van der Waals surface area (Å²) in [5, 5.41) is 8.71. The van der Waals surface area contributed by atoms with Crippen LogP contribution in [0.3, 0.4) is 0 Å². The van der Waals surface area contributed by atoms with Gasteiger partial charge in [-0.15, -0.1) is 68.3 Å². The summed E-state index contributed by atoms with van der Waals surface area (Å²) in [5.41, 5.74) is 7.99. The van der Waals surface area contributed by atoms with Gasteiger partial charge in [-0.3, -0.25) is 0 Å². The normalized spacial score (nSPS) is 12.0. The Hall–Kier alpha value is -2.81. The third kappa shape index (κ3) is 5.58. The number of rotatable bonds is 4. The Morgan fingerprint density at radius 2 is 0.818 bits per heavy atom. The van der Waals surface area contributed by atoms with Crippen LogP contribution in [-0.4, -0.2) is 8.07 Å². The Balaban J connectivity index is 0.00000176. The largest absolute Gasteiger partial charge is 4.00 e. The van der Waals surface area contributed by atoms with Crippen LogP contribution in [-0.2, 0) is 25.8 Å². The molecule has 0 saturated heterocycles. The van der Waals surface area contributed by atoms with Gasteiger partial charge < -0.3 is 14.9 Å². The molecule has 2 heteroatoms. The van der Waals surface area contributed by atoms with E-state index in [-0.39, 0.29) is 50.8 Å². The van der Waals surface area contributed by atoms with Crippen molar-refractivity contribution in [3.63, 3.8) is 0 Å². The molecule has 6 aromatic carbocycles. The molecule has 6 aromatic rings. The molecule has 0 heterocycles. The number of hydrogen-bond acceptors (Lipinski definition) is 0. The van der Waals surface area contributed by atoms with E-state index in [0.29, 0.717) is 0 Å². The fraction of sp³-hybridized carbons (Fsp3) is 0.238. The van der Waals surface area contributed by atoms with Crippen molar-refractivity contribution in [1.82, 2.24) is 0 Å². The molecule has 0 aliphatic heterocycles. The van der Waals surface area contributed by atoms with Gasteiger partial charge in [-0.2, -0.15) is 12.1 Å². The molecule has 0 radical (unpaired) electrons. The first-order chi connectivity index (χ1) is 19.4. The Bertz CT molecular complexity index is 1740. The van der Waals surface area contributed by atoms with Crippen molar-refractivity contribution in [1.29, 1.82) is 0 Å². The summed E-state index contributed by atoms with van der Waals surface area (Å²) in [6.07, 6.45) is 0. The van der Waals surface area contributed by atoms with Gasteiger partial charge in [0.2, 0.25) is 0 Å². The number of benzene rings is 4. The Labute approximate surface area is 287 Å². The van der Waals surface area contributed by atoms with Gasteiger partial charge in [0.05, 0.1) is 8.07 Å². The van der Waals surface area contributed by atoms with E-state index < -0.39 is 8.07 Å². The molecule has 0 spiro atoms. The van der Waals surface area contributed by atoms with Gasteiger partial charge in [-0.1, -0.05) is 113 Å². The second-order valence-electron chi connectivity index (χ2n) is 14.0. The molecule has 0 aliphatic rings. The van der Waals surface area contributed by atoms with Gasteiger partial charge in [0.15, 0.2) is 0 Å². The Morgan fingerprint density at radius 3 is 1.16 bits per heavy atom. The summed E-state index contributed by atoms with van der Waals surface area (Å²) in [4.78, 5) is 0.